The van der Waals surface area contributed by atoms with Crippen LogP contribution in [-0.4, -0.2) is 142 Å². The van der Waals surface area contributed by atoms with Crippen LogP contribution in [0.15, 0.2) is 36.5 Å². The molecule has 11 atom stereocenters. The standard InChI is InChI=1S/C52H92O15/c1-3-5-7-9-11-13-15-17-19-20-21-23-25-27-29-31-33-35-44(55)65-40(37-62-43(54)34-32-30-28-26-24-22-18-16-14-12-10-8-6-4-2)38-63-51-50(61)48(59)46(57)42(67-51)39-64-52-49(60)47(58)45(56)41(36-53)66-52/h11,13,16-19,40-42,45-53,56-61H,3-10,12,14-15,20-39H2,1-2H3/b13-11-,18-16-,19-17-. The van der Waals surface area contributed by atoms with Gasteiger partial charge in [0.1, 0.15) is 55.4 Å². The number of aliphatic hydroxyl groups excluding tert-OH is 7. The minimum atomic E-state index is -1.77. The largest absolute Gasteiger partial charge is 0.462 e. The van der Waals surface area contributed by atoms with E-state index in [1.54, 1.807) is 0 Å². The van der Waals surface area contributed by atoms with Crippen molar-refractivity contribution in [1.82, 2.24) is 0 Å². The van der Waals surface area contributed by atoms with E-state index in [-0.39, 0.29) is 26.1 Å². The number of carbonyl (C=O) groups excluding carboxylic acids is 2. The number of esters is 2. The van der Waals surface area contributed by atoms with Gasteiger partial charge in [-0.1, -0.05) is 140 Å². The first kappa shape index (κ1) is 60.8. The van der Waals surface area contributed by atoms with Crippen LogP contribution in [0, 0.1) is 0 Å². The summed E-state index contributed by atoms with van der Waals surface area (Å²) in [6.07, 6.45) is 24.5. The van der Waals surface area contributed by atoms with Crippen molar-refractivity contribution in [3.05, 3.63) is 36.5 Å². The van der Waals surface area contributed by atoms with Crippen LogP contribution >= 0.6 is 0 Å². The number of carbonyl (C=O) groups is 2. The Bertz CT molecular complexity index is 1310. The molecule has 2 rings (SSSR count). The molecule has 2 heterocycles. The van der Waals surface area contributed by atoms with E-state index >= 15 is 0 Å². The molecule has 15 heteroatoms. The van der Waals surface area contributed by atoms with Crippen molar-refractivity contribution in [2.45, 2.75) is 255 Å². The number of ether oxygens (including phenoxy) is 6. The van der Waals surface area contributed by atoms with E-state index in [1.165, 1.54) is 51.4 Å². The molecule has 0 aromatic rings. The number of hydrogen-bond acceptors (Lipinski definition) is 15. The predicted octanol–water partition coefficient (Wildman–Crippen LogP) is 7.32. The van der Waals surface area contributed by atoms with Crippen molar-refractivity contribution in [2.75, 3.05) is 26.4 Å². The molecule has 390 valence electrons. The molecule has 15 nitrogen and oxygen atoms in total. The van der Waals surface area contributed by atoms with Crippen molar-refractivity contribution in [3.8, 4) is 0 Å². The lowest BCUT2D eigenvalue weighted by Gasteiger charge is -2.42. The normalized spacial score (nSPS) is 26.2. The lowest BCUT2D eigenvalue weighted by atomic mass is 9.98. The minimum absolute atomic E-state index is 0.155. The average Bonchev–Trinajstić information content (AvgIpc) is 3.32. The van der Waals surface area contributed by atoms with Gasteiger partial charge >= 0.3 is 11.9 Å². The first-order valence-electron chi connectivity index (χ1n) is 26.1. The zero-order valence-electron chi connectivity index (χ0n) is 41.1. The van der Waals surface area contributed by atoms with E-state index in [9.17, 15) is 45.3 Å². The molecule has 2 aliphatic heterocycles. The monoisotopic (exact) mass is 957 g/mol. The Morgan fingerprint density at radius 2 is 0.896 bits per heavy atom. The molecular formula is C52H92O15. The Kier molecular flexibility index (Phi) is 35.8. The number of aliphatic hydroxyl groups is 7. The summed E-state index contributed by atoms with van der Waals surface area (Å²) in [7, 11) is 0. The highest BCUT2D eigenvalue weighted by atomic mass is 16.7. The molecule has 11 unspecified atom stereocenters. The molecule has 0 aromatic carbocycles. The third-order valence-electron chi connectivity index (χ3n) is 12.3. The van der Waals surface area contributed by atoms with Crippen LogP contribution in [-0.2, 0) is 38.0 Å². The van der Waals surface area contributed by atoms with Gasteiger partial charge in [0.05, 0.1) is 19.8 Å². The van der Waals surface area contributed by atoms with Crippen LogP contribution in [0.1, 0.15) is 187 Å². The van der Waals surface area contributed by atoms with Gasteiger partial charge in [-0.15, -0.1) is 0 Å². The van der Waals surface area contributed by atoms with Gasteiger partial charge in [0.2, 0.25) is 0 Å². The zero-order chi connectivity index (χ0) is 48.9. The average molecular weight is 957 g/mol. The van der Waals surface area contributed by atoms with Gasteiger partial charge in [-0.3, -0.25) is 9.59 Å². The summed E-state index contributed by atoms with van der Waals surface area (Å²) in [5.41, 5.74) is 0. The molecule has 2 aliphatic rings. The lowest BCUT2D eigenvalue weighted by Crippen LogP contribution is -2.61. The molecule has 0 aliphatic carbocycles. The number of allylic oxidation sites excluding steroid dienone is 6. The van der Waals surface area contributed by atoms with E-state index in [0.29, 0.717) is 12.8 Å². The lowest BCUT2D eigenvalue weighted by molar-refractivity contribution is -0.332. The third kappa shape index (κ3) is 27.6. The van der Waals surface area contributed by atoms with Gasteiger partial charge in [0.25, 0.3) is 0 Å². The number of rotatable bonds is 40. The topological polar surface area (TPSA) is 231 Å². The van der Waals surface area contributed by atoms with Crippen LogP contribution < -0.4 is 0 Å². The summed E-state index contributed by atoms with van der Waals surface area (Å²) in [5.74, 6) is -0.942. The van der Waals surface area contributed by atoms with Crippen LogP contribution in [0.2, 0.25) is 0 Å². The van der Waals surface area contributed by atoms with Crippen molar-refractivity contribution < 1.29 is 73.8 Å². The first-order chi connectivity index (χ1) is 32.5. The molecule has 7 N–H and O–H groups in total. The quantitative estimate of drug-likeness (QED) is 0.0181. The highest BCUT2D eigenvalue weighted by Crippen LogP contribution is 2.26. The van der Waals surface area contributed by atoms with E-state index in [1.807, 2.05) is 0 Å². The van der Waals surface area contributed by atoms with E-state index < -0.39 is 92.7 Å². The molecule has 0 amide bonds. The molecule has 0 bridgehead atoms. The van der Waals surface area contributed by atoms with Crippen LogP contribution in [0.4, 0.5) is 0 Å². The number of unbranched alkanes of at least 4 members (excludes halogenated alkanes) is 20. The Morgan fingerprint density at radius 3 is 1.43 bits per heavy atom. The van der Waals surface area contributed by atoms with E-state index in [2.05, 4.69) is 50.3 Å². The van der Waals surface area contributed by atoms with Gasteiger partial charge < -0.3 is 64.2 Å². The Morgan fingerprint density at radius 1 is 0.478 bits per heavy atom. The van der Waals surface area contributed by atoms with E-state index in [0.717, 1.165) is 96.3 Å². The maximum absolute atomic E-state index is 13.0. The number of hydrogen-bond donors (Lipinski definition) is 7. The molecule has 2 saturated heterocycles. The highest BCUT2D eigenvalue weighted by molar-refractivity contribution is 5.70. The summed E-state index contributed by atoms with van der Waals surface area (Å²) < 4.78 is 33.6. The molecular weight excluding hydrogens is 865 g/mol. The summed E-state index contributed by atoms with van der Waals surface area (Å²) >= 11 is 0. The Hall–Kier alpha value is -2.28. The van der Waals surface area contributed by atoms with Crippen molar-refractivity contribution in [1.29, 1.82) is 0 Å². The zero-order valence-corrected chi connectivity index (χ0v) is 41.1. The maximum Gasteiger partial charge on any atom is 0.306 e. The molecule has 0 saturated carbocycles. The molecule has 0 radical (unpaired) electrons. The summed E-state index contributed by atoms with van der Waals surface area (Å²) in [6, 6.07) is 0. The first-order valence-corrected chi connectivity index (χ1v) is 26.1. The fourth-order valence-electron chi connectivity index (χ4n) is 8.01. The van der Waals surface area contributed by atoms with Crippen LogP contribution in [0.3, 0.4) is 0 Å². The fraction of sp³-hybridized carbons (Fsp3) is 0.846. The fourth-order valence-corrected chi connectivity index (χ4v) is 8.01. The second-order valence-corrected chi connectivity index (χ2v) is 18.3. The van der Waals surface area contributed by atoms with Crippen molar-refractivity contribution in [2.24, 2.45) is 0 Å². The molecule has 67 heavy (non-hydrogen) atoms. The van der Waals surface area contributed by atoms with Gasteiger partial charge in [-0.25, -0.2) is 0 Å². The Labute approximate surface area is 402 Å². The van der Waals surface area contributed by atoms with Gasteiger partial charge in [-0.05, 0) is 70.6 Å². The molecule has 0 aromatic heterocycles. The second kappa shape index (κ2) is 39.4. The highest BCUT2D eigenvalue weighted by Gasteiger charge is 2.47. The molecule has 2 fully saturated rings. The van der Waals surface area contributed by atoms with Crippen molar-refractivity contribution in [3.63, 3.8) is 0 Å². The molecule has 0 spiro atoms. The third-order valence-corrected chi connectivity index (χ3v) is 12.3. The predicted molar refractivity (Wildman–Crippen MR) is 257 cm³/mol. The minimum Gasteiger partial charge on any atom is -0.462 e. The maximum atomic E-state index is 13.0. The van der Waals surface area contributed by atoms with Crippen LogP contribution in [0.25, 0.3) is 0 Å². The van der Waals surface area contributed by atoms with Crippen LogP contribution in [0.5, 0.6) is 0 Å². The van der Waals surface area contributed by atoms with Gasteiger partial charge in [0.15, 0.2) is 18.7 Å². The summed E-state index contributed by atoms with van der Waals surface area (Å²) in [6.45, 7) is 2.54. The Balaban J connectivity index is 1.81. The second-order valence-electron chi connectivity index (χ2n) is 18.3. The summed E-state index contributed by atoms with van der Waals surface area (Å²) in [4.78, 5) is 25.8. The smallest absolute Gasteiger partial charge is 0.306 e. The SMILES string of the molecule is CCCCC/C=C\C/C=C\CCCCCCCCCC(=O)OC(COC(=O)CCCCCCC/C=C\CCCCCCC)COC1OC(COC2OC(CO)C(O)C(O)C2O)C(O)C(O)C1O. The summed E-state index contributed by atoms with van der Waals surface area (Å²) in [5, 5.41) is 72.1. The van der Waals surface area contributed by atoms with Crippen molar-refractivity contribution >= 4 is 11.9 Å². The van der Waals surface area contributed by atoms with E-state index in [4.69, 9.17) is 28.4 Å². The van der Waals surface area contributed by atoms with Gasteiger partial charge in [0, 0.05) is 12.8 Å². The van der Waals surface area contributed by atoms with Gasteiger partial charge in [-0.2, -0.15) is 0 Å².